The molecule has 2 rings (SSSR count). The van der Waals surface area contributed by atoms with Gasteiger partial charge in [-0.15, -0.1) is 6.58 Å². The van der Waals surface area contributed by atoms with Crippen LogP contribution in [0.4, 0.5) is 0 Å². The van der Waals surface area contributed by atoms with Gasteiger partial charge in [-0.1, -0.05) is 67.1 Å². The second kappa shape index (κ2) is 8.60. The predicted octanol–water partition coefficient (Wildman–Crippen LogP) is 5.02. The van der Waals surface area contributed by atoms with Gasteiger partial charge in [0.1, 0.15) is 0 Å². The van der Waals surface area contributed by atoms with Gasteiger partial charge in [-0.05, 0) is 23.1 Å². The summed E-state index contributed by atoms with van der Waals surface area (Å²) in [6.07, 6.45) is 5.57. The van der Waals surface area contributed by atoms with Gasteiger partial charge in [-0.3, -0.25) is 0 Å². The maximum Gasteiger partial charge on any atom is 0.288 e. The van der Waals surface area contributed by atoms with Crippen molar-refractivity contribution in [2.45, 2.75) is 26.2 Å². The van der Waals surface area contributed by atoms with Crippen molar-refractivity contribution in [1.29, 1.82) is 0 Å². The summed E-state index contributed by atoms with van der Waals surface area (Å²) < 4.78 is 2.64. The number of pyridine rings is 1. The van der Waals surface area contributed by atoms with E-state index in [4.69, 9.17) is 12.2 Å². The van der Waals surface area contributed by atoms with E-state index in [2.05, 4.69) is 48.6 Å². The van der Waals surface area contributed by atoms with Gasteiger partial charge in [0.2, 0.25) is 0 Å². The van der Waals surface area contributed by atoms with Crippen molar-refractivity contribution in [2.75, 3.05) is 6.54 Å². The fourth-order valence-electron chi connectivity index (χ4n) is 2.45. The number of aliphatic hydroxyl groups excluding tert-OH is 1. The molecule has 0 radical (unpaired) electrons. The van der Waals surface area contributed by atoms with E-state index >= 15 is 0 Å². The molecule has 0 spiro atoms. The highest BCUT2D eigenvalue weighted by atomic mass is 79.9. The number of aliphatic hydroxyl groups is 1. The zero-order valence-corrected chi connectivity index (χ0v) is 17.7. The first-order valence-corrected chi connectivity index (χ1v) is 9.55. The molecule has 0 unspecified atom stereocenters. The van der Waals surface area contributed by atoms with Gasteiger partial charge in [-0.2, -0.15) is 4.57 Å². The Balaban J connectivity index is 2.58. The first-order chi connectivity index (χ1) is 12.3. The zero-order chi connectivity index (χ0) is 19.3. The first-order valence-electron chi connectivity index (χ1n) is 8.35. The third kappa shape index (κ3) is 4.80. The lowest BCUT2D eigenvalue weighted by Crippen LogP contribution is -2.41. The van der Waals surface area contributed by atoms with Crippen LogP contribution in [0.1, 0.15) is 31.9 Å². The second-order valence-electron chi connectivity index (χ2n) is 6.92. The summed E-state index contributed by atoms with van der Waals surface area (Å²) in [5.74, 6) is 0.104. The maximum atomic E-state index is 11.0. The zero-order valence-electron chi connectivity index (χ0n) is 15.3. The minimum atomic E-state index is 0.0507. The second-order valence-corrected chi connectivity index (χ2v) is 8.18. The summed E-state index contributed by atoms with van der Waals surface area (Å²) >= 11 is 9.03. The van der Waals surface area contributed by atoms with Crippen molar-refractivity contribution in [3.63, 3.8) is 0 Å². The SMILES string of the molecule is C=CCNC(=S)/C(=C(\O)c1ccccc1Br)[n+]1ccc(C(C)(C)C)cc1. The van der Waals surface area contributed by atoms with Crippen LogP contribution < -0.4 is 9.88 Å². The molecule has 0 saturated carbocycles. The summed E-state index contributed by atoms with van der Waals surface area (Å²) in [5.41, 5.74) is 2.46. The van der Waals surface area contributed by atoms with Crippen LogP contribution in [0.3, 0.4) is 0 Å². The smallest absolute Gasteiger partial charge is 0.288 e. The van der Waals surface area contributed by atoms with Crippen LogP contribution in [0.2, 0.25) is 0 Å². The van der Waals surface area contributed by atoms with Crippen molar-refractivity contribution < 1.29 is 9.67 Å². The average molecular weight is 432 g/mol. The summed E-state index contributed by atoms with van der Waals surface area (Å²) in [6, 6.07) is 11.6. The molecule has 0 amide bonds. The van der Waals surface area contributed by atoms with Crippen molar-refractivity contribution in [3.05, 3.63) is 77.0 Å². The van der Waals surface area contributed by atoms with Crippen LogP contribution >= 0.6 is 28.1 Å². The molecule has 3 nitrogen and oxygen atoms in total. The molecule has 2 N–H and O–H groups in total. The number of nitrogens with zero attached hydrogens (tertiary/aromatic N) is 1. The number of hydrogen-bond donors (Lipinski definition) is 2. The number of halogens is 1. The number of hydrogen-bond acceptors (Lipinski definition) is 2. The highest BCUT2D eigenvalue weighted by Gasteiger charge is 2.25. The molecule has 0 aliphatic heterocycles. The van der Waals surface area contributed by atoms with Crippen LogP contribution in [0.15, 0.2) is 65.9 Å². The van der Waals surface area contributed by atoms with E-state index in [-0.39, 0.29) is 11.2 Å². The van der Waals surface area contributed by atoms with Gasteiger partial charge in [0, 0.05) is 28.7 Å². The average Bonchev–Trinajstić information content (AvgIpc) is 2.60. The largest absolute Gasteiger partial charge is 0.502 e. The Morgan fingerprint density at radius 3 is 2.38 bits per heavy atom. The van der Waals surface area contributed by atoms with E-state index in [0.717, 1.165) is 4.47 Å². The standard InChI is InChI=1S/C21H23BrN2OS/c1-5-12-23-20(26)18(19(25)16-8-6-7-9-17(16)22)24-13-10-15(11-14-24)21(2,3)4/h5-11,13-14H,1,12H2,2-4H3,(H-,23,25,26)/p+1. The monoisotopic (exact) mass is 431 g/mol. The van der Waals surface area contributed by atoms with E-state index in [1.54, 1.807) is 6.08 Å². The fourth-order valence-corrected chi connectivity index (χ4v) is 3.21. The van der Waals surface area contributed by atoms with Gasteiger partial charge in [0.15, 0.2) is 23.1 Å². The summed E-state index contributed by atoms with van der Waals surface area (Å²) in [4.78, 5) is 0.451. The van der Waals surface area contributed by atoms with E-state index < -0.39 is 0 Å². The fraction of sp³-hybridized carbons (Fsp3) is 0.238. The highest BCUT2D eigenvalue weighted by Crippen LogP contribution is 2.26. The Bertz CT molecular complexity index is 836. The number of benzene rings is 1. The maximum absolute atomic E-state index is 11.0. The van der Waals surface area contributed by atoms with E-state index in [1.165, 1.54) is 5.56 Å². The molecule has 5 heteroatoms. The summed E-state index contributed by atoms with van der Waals surface area (Å²) in [7, 11) is 0. The molecular weight excluding hydrogens is 408 g/mol. The number of aromatic nitrogens is 1. The van der Waals surface area contributed by atoms with Crippen molar-refractivity contribution >= 4 is 44.6 Å². The topological polar surface area (TPSA) is 36.1 Å². The van der Waals surface area contributed by atoms with Crippen molar-refractivity contribution in [1.82, 2.24) is 5.32 Å². The molecule has 26 heavy (non-hydrogen) atoms. The molecule has 2 aromatic rings. The molecule has 0 aliphatic rings. The lowest BCUT2D eigenvalue weighted by molar-refractivity contribution is -0.576. The Hall–Kier alpha value is -1.98. The molecule has 0 atom stereocenters. The molecule has 0 saturated heterocycles. The molecule has 0 fully saturated rings. The van der Waals surface area contributed by atoms with Gasteiger partial charge < -0.3 is 10.4 Å². The Morgan fingerprint density at radius 2 is 1.85 bits per heavy atom. The first kappa shape index (κ1) is 20.3. The van der Waals surface area contributed by atoms with E-state index in [0.29, 0.717) is 22.8 Å². The van der Waals surface area contributed by atoms with Gasteiger partial charge in [-0.25, -0.2) is 0 Å². The molecule has 0 bridgehead atoms. The minimum absolute atomic E-state index is 0.0507. The van der Waals surface area contributed by atoms with Gasteiger partial charge in [0.05, 0.1) is 0 Å². The summed E-state index contributed by atoms with van der Waals surface area (Å²) in [6.45, 7) is 10.7. The van der Waals surface area contributed by atoms with E-state index in [9.17, 15) is 5.11 Å². The number of nitrogens with one attached hydrogen (secondary N) is 1. The lowest BCUT2D eigenvalue weighted by atomic mass is 9.88. The Kier molecular flexibility index (Phi) is 6.73. The predicted molar refractivity (Wildman–Crippen MR) is 116 cm³/mol. The number of rotatable bonds is 5. The van der Waals surface area contributed by atoms with Crippen LogP contribution in [0, 0.1) is 0 Å². The Labute approximate surface area is 169 Å². The molecule has 1 aromatic carbocycles. The van der Waals surface area contributed by atoms with Crippen LogP contribution in [-0.4, -0.2) is 16.6 Å². The van der Waals surface area contributed by atoms with Gasteiger partial charge >= 0.3 is 0 Å². The third-order valence-corrected chi connectivity index (χ3v) is 4.96. The third-order valence-electron chi connectivity index (χ3n) is 3.93. The van der Waals surface area contributed by atoms with Gasteiger partial charge in [0.25, 0.3) is 5.70 Å². The van der Waals surface area contributed by atoms with E-state index in [1.807, 2.05) is 53.4 Å². The Morgan fingerprint density at radius 1 is 1.23 bits per heavy atom. The van der Waals surface area contributed by atoms with Crippen molar-refractivity contribution in [2.24, 2.45) is 0 Å². The van der Waals surface area contributed by atoms with Crippen LogP contribution in [-0.2, 0) is 5.41 Å². The molecule has 1 aromatic heterocycles. The van der Waals surface area contributed by atoms with Crippen molar-refractivity contribution in [3.8, 4) is 0 Å². The summed E-state index contributed by atoms with van der Waals surface area (Å²) in [5, 5.41) is 14.1. The molecule has 1 heterocycles. The molecular formula is C21H24BrN2OS+. The molecule has 0 aliphatic carbocycles. The normalized spacial score (nSPS) is 12.3. The van der Waals surface area contributed by atoms with Crippen LogP contribution in [0.5, 0.6) is 0 Å². The lowest BCUT2D eigenvalue weighted by Gasteiger charge is -2.18. The quantitative estimate of drug-likeness (QED) is 0.229. The molecule has 136 valence electrons. The minimum Gasteiger partial charge on any atom is -0.502 e. The highest BCUT2D eigenvalue weighted by molar-refractivity contribution is 9.10. The number of thiocarbonyl (C=S) groups is 1. The van der Waals surface area contributed by atoms with Crippen LogP contribution in [0.25, 0.3) is 11.5 Å².